The second-order valence-electron chi connectivity index (χ2n) is 4.03. The number of rotatable bonds is 2. The predicted molar refractivity (Wildman–Crippen MR) is 72.3 cm³/mol. The summed E-state index contributed by atoms with van der Waals surface area (Å²) in [6, 6.07) is 10.2. The summed E-state index contributed by atoms with van der Waals surface area (Å²) in [7, 11) is 3.31. The van der Waals surface area contributed by atoms with Gasteiger partial charge >= 0.3 is 0 Å². The van der Waals surface area contributed by atoms with E-state index in [4.69, 9.17) is 16.3 Å². The SMILES string of the molecule is COc1ccc(-c2[c-]cc(Cl)c(=O)n2C)c(C)c1.[Y]. The number of ether oxygens (including phenoxy) is 1. The predicted octanol–water partition coefficient (Wildman–Crippen LogP) is 2.82. The van der Waals surface area contributed by atoms with E-state index in [9.17, 15) is 4.79 Å². The van der Waals surface area contributed by atoms with Crippen molar-refractivity contribution in [3.8, 4) is 17.0 Å². The molecule has 1 aromatic carbocycles. The third-order valence-electron chi connectivity index (χ3n) is 2.87. The van der Waals surface area contributed by atoms with Crippen LogP contribution in [0.2, 0.25) is 5.02 Å². The minimum absolute atomic E-state index is 0. The molecule has 2 aromatic rings. The van der Waals surface area contributed by atoms with Crippen molar-refractivity contribution < 1.29 is 37.4 Å². The maximum absolute atomic E-state index is 11.8. The van der Waals surface area contributed by atoms with Gasteiger partial charge in [-0.15, -0.1) is 6.07 Å². The minimum Gasteiger partial charge on any atom is -0.497 e. The van der Waals surface area contributed by atoms with Crippen molar-refractivity contribution >= 4 is 11.6 Å². The number of aryl methyl sites for hydroxylation is 1. The molecule has 0 aliphatic rings. The standard InChI is InChI=1S/C14H13ClNO2.Y/c1-9-8-10(18-3)4-5-11(9)13-7-6-12(15)14(17)16(13)2;/h4-6,8H,1-3H3;/q-1;. The summed E-state index contributed by atoms with van der Waals surface area (Å²) < 4.78 is 6.66. The van der Waals surface area contributed by atoms with Crippen LogP contribution in [0.5, 0.6) is 5.75 Å². The van der Waals surface area contributed by atoms with E-state index in [0.29, 0.717) is 5.69 Å². The number of pyridine rings is 1. The fraction of sp³-hybridized carbons (Fsp3) is 0.214. The van der Waals surface area contributed by atoms with Crippen molar-refractivity contribution in [3.63, 3.8) is 0 Å². The average Bonchev–Trinajstić information content (AvgIpc) is 2.37. The molecular weight excluding hydrogens is 339 g/mol. The second kappa shape index (κ2) is 6.69. The molecule has 0 aliphatic heterocycles. The number of hydrogen-bond donors (Lipinski definition) is 0. The molecule has 97 valence electrons. The number of aromatic nitrogens is 1. The zero-order valence-electron chi connectivity index (χ0n) is 11.0. The monoisotopic (exact) mass is 351 g/mol. The van der Waals surface area contributed by atoms with Gasteiger partial charge in [0.05, 0.1) is 7.11 Å². The van der Waals surface area contributed by atoms with Gasteiger partial charge in [-0.2, -0.15) is 23.7 Å². The van der Waals surface area contributed by atoms with Crippen LogP contribution in [-0.4, -0.2) is 11.7 Å². The minimum atomic E-state index is -0.222. The van der Waals surface area contributed by atoms with E-state index >= 15 is 0 Å². The molecule has 3 nitrogen and oxygen atoms in total. The van der Waals surface area contributed by atoms with Gasteiger partial charge in [-0.3, -0.25) is 4.79 Å². The summed E-state index contributed by atoms with van der Waals surface area (Å²) >= 11 is 5.78. The molecular formula is C14H13ClNO2Y-. The molecule has 0 saturated heterocycles. The van der Waals surface area contributed by atoms with Gasteiger partial charge in [-0.05, 0) is 12.1 Å². The molecule has 2 rings (SSSR count). The Balaban J connectivity index is 0.00000180. The number of hydrogen-bond acceptors (Lipinski definition) is 2. The number of halogens is 1. The van der Waals surface area contributed by atoms with E-state index < -0.39 is 0 Å². The molecule has 0 bridgehead atoms. The van der Waals surface area contributed by atoms with Gasteiger partial charge in [0.15, 0.2) is 0 Å². The van der Waals surface area contributed by atoms with Crippen molar-refractivity contribution in [2.75, 3.05) is 7.11 Å². The van der Waals surface area contributed by atoms with Crippen LogP contribution in [0.1, 0.15) is 5.56 Å². The van der Waals surface area contributed by atoms with Gasteiger partial charge < -0.3 is 9.30 Å². The van der Waals surface area contributed by atoms with Crippen molar-refractivity contribution in [3.05, 3.63) is 51.3 Å². The van der Waals surface area contributed by atoms with Crippen LogP contribution >= 0.6 is 11.6 Å². The summed E-state index contributed by atoms with van der Waals surface area (Å²) in [5.74, 6) is 0.787. The summed E-state index contributed by atoms with van der Waals surface area (Å²) in [5.41, 5.74) is 2.44. The van der Waals surface area contributed by atoms with E-state index in [1.54, 1.807) is 14.2 Å². The Kier molecular flexibility index (Phi) is 5.78. The summed E-state index contributed by atoms with van der Waals surface area (Å²) in [5, 5.41) is 0.174. The van der Waals surface area contributed by atoms with Gasteiger partial charge in [0, 0.05) is 44.8 Å². The van der Waals surface area contributed by atoms with Crippen molar-refractivity contribution in [1.82, 2.24) is 4.57 Å². The topological polar surface area (TPSA) is 31.2 Å². The third-order valence-corrected chi connectivity index (χ3v) is 3.14. The molecule has 0 amide bonds. The van der Waals surface area contributed by atoms with Crippen LogP contribution in [-0.2, 0) is 39.8 Å². The van der Waals surface area contributed by atoms with Crippen molar-refractivity contribution in [2.24, 2.45) is 7.05 Å². The molecule has 0 saturated carbocycles. The quantitative estimate of drug-likeness (QED) is 0.779. The van der Waals surface area contributed by atoms with E-state index in [0.717, 1.165) is 16.9 Å². The molecule has 1 radical (unpaired) electrons. The Bertz CT molecular complexity index is 652. The molecule has 0 fully saturated rings. The first-order valence-electron chi connectivity index (χ1n) is 5.47. The first kappa shape index (κ1) is 16.4. The maximum Gasteiger partial charge on any atom is 0.212 e. The molecule has 19 heavy (non-hydrogen) atoms. The van der Waals surface area contributed by atoms with Crippen molar-refractivity contribution in [2.45, 2.75) is 6.92 Å². The van der Waals surface area contributed by atoms with Crippen LogP contribution in [0, 0.1) is 13.0 Å². The number of nitrogens with zero attached hydrogens (tertiary/aromatic N) is 1. The summed E-state index contributed by atoms with van der Waals surface area (Å²) in [6.07, 6.45) is 0. The Morgan fingerprint density at radius 2 is 2.05 bits per heavy atom. The van der Waals surface area contributed by atoms with Gasteiger partial charge in [-0.1, -0.05) is 23.7 Å². The number of methoxy groups -OCH3 is 1. The second-order valence-corrected chi connectivity index (χ2v) is 4.44. The van der Waals surface area contributed by atoms with E-state index in [2.05, 4.69) is 6.07 Å². The van der Waals surface area contributed by atoms with Gasteiger partial charge in [0.1, 0.15) is 5.75 Å². The average molecular weight is 352 g/mol. The molecule has 1 aromatic heterocycles. The normalized spacial score (nSPS) is 9.89. The fourth-order valence-electron chi connectivity index (χ4n) is 1.84. The zero-order valence-corrected chi connectivity index (χ0v) is 14.6. The van der Waals surface area contributed by atoms with Crippen molar-refractivity contribution in [1.29, 1.82) is 0 Å². The largest absolute Gasteiger partial charge is 0.497 e. The molecule has 0 unspecified atom stereocenters. The first-order valence-corrected chi connectivity index (χ1v) is 5.84. The molecule has 0 N–H and O–H groups in total. The molecule has 5 heteroatoms. The van der Waals surface area contributed by atoms with Gasteiger partial charge in [0.25, 0.3) is 0 Å². The van der Waals surface area contributed by atoms with E-state index in [1.807, 2.05) is 25.1 Å². The molecule has 0 spiro atoms. The van der Waals surface area contributed by atoms with Gasteiger partial charge in [-0.25, -0.2) is 0 Å². The third kappa shape index (κ3) is 3.28. The summed E-state index contributed by atoms with van der Waals surface area (Å²) in [4.78, 5) is 11.8. The van der Waals surface area contributed by atoms with Crippen LogP contribution in [0.25, 0.3) is 11.3 Å². The first-order chi connectivity index (χ1) is 8.54. The van der Waals surface area contributed by atoms with Crippen LogP contribution in [0.3, 0.4) is 0 Å². The maximum atomic E-state index is 11.8. The molecule has 0 atom stereocenters. The Labute approximate surface area is 142 Å². The Hall–Kier alpha value is -0.636. The number of benzene rings is 1. The Morgan fingerprint density at radius 1 is 1.37 bits per heavy atom. The van der Waals surface area contributed by atoms with Gasteiger partial charge in [0.2, 0.25) is 5.56 Å². The zero-order chi connectivity index (χ0) is 13.3. The molecule has 0 aliphatic carbocycles. The van der Waals surface area contributed by atoms with E-state index in [-0.39, 0.29) is 43.3 Å². The van der Waals surface area contributed by atoms with Crippen LogP contribution in [0.4, 0.5) is 0 Å². The molecule has 1 heterocycles. The van der Waals surface area contributed by atoms with Crippen LogP contribution < -0.4 is 10.3 Å². The fourth-order valence-corrected chi connectivity index (χ4v) is 2.02. The smallest absolute Gasteiger partial charge is 0.212 e. The Morgan fingerprint density at radius 3 is 2.63 bits per heavy atom. The van der Waals surface area contributed by atoms with Crippen LogP contribution in [0.15, 0.2) is 29.1 Å². The summed E-state index contributed by atoms with van der Waals surface area (Å²) in [6.45, 7) is 1.96. The van der Waals surface area contributed by atoms with E-state index in [1.165, 1.54) is 10.6 Å².